The quantitative estimate of drug-likeness (QED) is 0.833. The summed E-state index contributed by atoms with van der Waals surface area (Å²) in [6.45, 7) is 5.96. The minimum atomic E-state index is -0.0391. The highest BCUT2D eigenvalue weighted by molar-refractivity contribution is 5.46. The van der Waals surface area contributed by atoms with Crippen LogP contribution in [0.1, 0.15) is 5.56 Å². The molecule has 0 unspecified atom stereocenters. The van der Waals surface area contributed by atoms with Gasteiger partial charge in [-0.05, 0) is 31.7 Å². The molecule has 0 bridgehead atoms. The van der Waals surface area contributed by atoms with Gasteiger partial charge in [-0.2, -0.15) is 0 Å². The largest absolute Gasteiger partial charge is 0.369 e. The molecule has 1 saturated heterocycles. The van der Waals surface area contributed by atoms with Crippen LogP contribution in [-0.4, -0.2) is 47.7 Å². The lowest BCUT2D eigenvalue weighted by Crippen LogP contribution is -2.44. The number of nitrogens with zero attached hydrogens (tertiary/aromatic N) is 4. The van der Waals surface area contributed by atoms with Crippen molar-refractivity contribution in [1.82, 2.24) is 14.5 Å². The van der Waals surface area contributed by atoms with Crippen LogP contribution < -0.4 is 10.5 Å². The van der Waals surface area contributed by atoms with Crippen molar-refractivity contribution in [3.8, 4) is 5.82 Å². The zero-order chi connectivity index (χ0) is 14.8. The molecule has 0 saturated carbocycles. The van der Waals surface area contributed by atoms with Crippen LogP contribution in [0.2, 0.25) is 0 Å². The maximum atomic E-state index is 12.3. The summed E-state index contributed by atoms with van der Waals surface area (Å²) in [5.74, 6) is 0.663. The number of anilines is 1. The van der Waals surface area contributed by atoms with Gasteiger partial charge in [-0.25, -0.2) is 4.98 Å². The Bertz CT molecular complexity index is 669. The molecule has 1 fully saturated rings. The van der Waals surface area contributed by atoms with E-state index in [0.29, 0.717) is 5.82 Å². The fraction of sp³-hybridized carbons (Fsp3) is 0.375. The van der Waals surface area contributed by atoms with Crippen LogP contribution in [0, 0.1) is 6.92 Å². The summed E-state index contributed by atoms with van der Waals surface area (Å²) in [6, 6.07) is 7.52. The van der Waals surface area contributed by atoms with Gasteiger partial charge < -0.3 is 9.80 Å². The number of rotatable bonds is 2. The van der Waals surface area contributed by atoms with Crippen LogP contribution in [0.3, 0.4) is 0 Å². The third kappa shape index (κ3) is 2.97. The first-order valence-electron chi connectivity index (χ1n) is 7.23. The molecule has 3 rings (SSSR count). The monoisotopic (exact) mass is 284 g/mol. The van der Waals surface area contributed by atoms with Crippen LogP contribution in [0.4, 0.5) is 5.69 Å². The van der Waals surface area contributed by atoms with Crippen LogP contribution in [0.25, 0.3) is 5.82 Å². The van der Waals surface area contributed by atoms with Crippen LogP contribution in [-0.2, 0) is 0 Å². The molecule has 0 radical (unpaired) electrons. The Kier molecular flexibility index (Phi) is 3.75. The lowest BCUT2D eigenvalue weighted by atomic mass is 10.2. The highest BCUT2D eigenvalue weighted by Gasteiger charge is 2.15. The third-order valence-electron chi connectivity index (χ3n) is 3.91. The molecule has 0 atom stereocenters. The molecule has 110 valence electrons. The van der Waals surface area contributed by atoms with E-state index in [1.807, 2.05) is 31.3 Å². The van der Waals surface area contributed by atoms with Crippen LogP contribution >= 0.6 is 0 Å². The van der Waals surface area contributed by atoms with Gasteiger partial charge in [0.1, 0.15) is 5.82 Å². The molecule has 21 heavy (non-hydrogen) atoms. The average Bonchev–Trinajstić information content (AvgIpc) is 2.49. The summed E-state index contributed by atoms with van der Waals surface area (Å²) >= 11 is 0. The van der Waals surface area contributed by atoms with Gasteiger partial charge in [0.25, 0.3) is 5.56 Å². The third-order valence-corrected chi connectivity index (χ3v) is 3.91. The second-order valence-electron chi connectivity index (χ2n) is 5.58. The molecule has 1 aliphatic heterocycles. The molecule has 5 nitrogen and oxygen atoms in total. The number of aromatic nitrogens is 2. The summed E-state index contributed by atoms with van der Waals surface area (Å²) in [7, 11) is 2.12. The molecular weight excluding hydrogens is 264 g/mol. The molecule has 2 aromatic heterocycles. The highest BCUT2D eigenvalue weighted by atomic mass is 16.1. The van der Waals surface area contributed by atoms with Crippen molar-refractivity contribution in [2.75, 3.05) is 38.1 Å². The fourth-order valence-corrected chi connectivity index (χ4v) is 2.52. The molecule has 0 N–H and O–H groups in total. The van der Waals surface area contributed by atoms with Crippen LogP contribution in [0.15, 0.2) is 41.5 Å². The maximum absolute atomic E-state index is 12.3. The molecule has 3 heterocycles. The zero-order valence-corrected chi connectivity index (χ0v) is 12.5. The second kappa shape index (κ2) is 5.69. The number of likely N-dealkylation sites (N-methyl/N-ethyl adjacent to an activating group) is 1. The number of aryl methyl sites for hydroxylation is 1. The Morgan fingerprint density at radius 3 is 2.48 bits per heavy atom. The SMILES string of the molecule is Cc1ccc(-n2ccc(N3CCN(C)CC3)cc2=O)nc1. The van der Waals surface area contributed by atoms with E-state index >= 15 is 0 Å². The molecule has 0 spiro atoms. The van der Waals surface area contributed by atoms with Crippen molar-refractivity contribution in [2.24, 2.45) is 0 Å². The smallest absolute Gasteiger partial charge is 0.258 e. The van der Waals surface area contributed by atoms with E-state index in [2.05, 4.69) is 21.8 Å². The molecule has 0 aromatic carbocycles. The van der Waals surface area contributed by atoms with Crippen molar-refractivity contribution in [3.63, 3.8) is 0 Å². The highest BCUT2D eigenvalue weighted by Crippen LogP contribution is 2.14. The first-order chi connectivity index (χ1) is 10.1. The predicted octanol–water partition coefficient (Wildman–Crippen LogP) is 1.29. The van der Waals surface area contributed by atoms with Crippen molar-refractivity contribution in [2.45, 2.75) is 6.92 Å². The van der Waals surface area contributed by atoms with E-state index in [9.17, 15) is 4.79 Å². The first kappa shape index (κ1) is 13.8. The topological polar surface area (TPSA) is 41.4 Å². The normalized spacial score (nSPS) is 16.2. The minimum Gasteiger partial charge on any atom is -0.369 e. The molecular formula is C16H20N4O. The van der Waals surface area contributed by atoms with Gasteiger partial charge in [0.05, 0.1) is 0 Å². The average molecular weight is 284 g/mol. The summed E-state index contributed by atoms with van der Waals surface area (Å²) in [6.07, 6.45) is 3.59. The number of pyridine rings is 2. The second-order valence-corrected chi connectivity index (χ2v) is 5.58. The molecule has 0 aliphatic carbocycles. The van der Waals surface area contributed by atoms with Gasteiger partial charge in [0.15, 0.2) is 0 Å². The molecule has 5 heteroatoms. The van der Waals surface area contributed by atoms with Crippen molar-refractivity contribution in [1.29, 1.82) is 0 Å². The Labute approximate surface area is 124 Å². The number of piperazine rings is 1. The Hall–Kier alpha value is -2.14. The molecule has 2 aromatic rings. The summed E-state index contributed by atoms with van der Waals surface area (Å²) in [5.41, 5.74) is 2.04. The van der Waals surface area contributed by atoms with Crippen LogP contribution in [0.5, 0.6) is 0 Å². The van der Waals surface area contributed by atoms with Crippen molar-refractivity contribution < 1.29 is 0 Å². The van der Waals surface area contributed by atoms with E-state index in [-0.39, 0.29) is 5.56 Å². The maximum Gasteiger partial charge on any atom is 0.258 e. The van der Waals surface area contributed by atoms with E-state index in [0.717, 1.165) is 37.4 Å². The minimum absolute atomic E-state index is 0.0391. The summed E-state index contributed by atoms with van der Waals surface area (Å²) < 4.78 is 1.58. The lowest BCUT2D eigenvalue weighted by Gasteiger charge is -2.33. The Morgan fingerprint density at radius 1 is 1.10 bits per heavy atom. The van der Waals surface area contributed by atoms with E-state index < -0.39 is 0 Å². The summed E-state index contributed by atoms with van der Waals surface area (Å²) in [4.78, 5) is 21.2. The van der Waals surface area contributed by atoms with Gasteiger partial charge >= 0.3 is 0 Å². The number of hydrogen-bond donors (Lipinski definition) is 0. The fourth-order valence-electron chi connectivity index (χ4n) is 2.52. The first-order valence-corrected chi connectivity index (χ1v) is 7.23. The number of hydrogen-bond acceptors (Lipinski definition) is 4. The van der Waals surface area contributed by atoms with Gasteiger partial charge in [-0.3, -0.25) is 9.36 Å². The Balaban J connectivity index is 1.86. The van der Waals surface area contributed by atoms with Crippen molar-refractivity contribution >= 4 is 5.69 Å². The van der Waals surface area contributed by atoms with E-state index in [4.69, 9.17) is 0 Å². The van der Waals surface area contributed by atoms with E-state index in [1.165, 1.54) is 0 Å². The Morgan fingerprint density at radius 2 is 1.86 bits per heavy atom. The molecule has 0 amide bonds. The van der Waals surface area contributed by atoms with Gasteiger partial charge in [-0.15, -0.1) is 0 Å². The predicted molar refractivity (Wildman–Crippen MR) is 84.3 cm³/mol. The zero-order valence-electron chi connectivity index (χ0n) is 12.5. The standard InChI is InChI=1S/C16H20N4O/c1-13-3-4-15(17-12-13)20-6-5-14(11-16(20)21)19-9-7-18(2)8-10-19/h3-6,11-12H,7-10H2,1-2H3. The van der Waals surface area contributed by atoms with Crippen molar-refractivity contribution in [3.05, 3.63) is 52.6 Å². The van der Waals surface area contributed by atoms with Gasteiger partial charge in [-0.1, -0.05) is 6.07 Å². The molecule has 1 aliphatic rings. The lowest BCUT2D eigenvalue weighted by molar-refractivity contribution is 0.313. The summed E-state index contributed by atoms with van der Waals surface area (Å²) in [5, 5.41) is 0. The van der Waals surface area contributed by atoms with Gasteiger partial charge in [0, 0.05) is 50.3 Å². The van der Waals surface area contributed by atoms with Gasteiger partial charge in [0.2, 0.25) is 0 Å². The van der Waals surface area contributed by atoms with E-state index in [1.54, 1.807) is 16.8 Å².